The zero-order valence-electron chi connectivity index (χ0n) is 63.9. The number of thiol groups is 4. The molecule has 4 aliphatic heterocycles. The second-order valence-electron chi connectivity index (χ2n) is 27.7. The topological polar surface area (TPSA) is 343 Å². The molecule has 33 heteroatoms. The van der Waals surface area contributed by atoms with E-state index in [0.29, 0.717) is 129 Å². The number of esters is 1. The number of para-hydroxylation sites is 4. The first-order chi connectivity index (χ1) is 55.6. The molecule has 4 aliphatic rings. The second kappa shape index (κ2) is 43.1. The van der Waals surface area contributed by atoms with E-state index in [1.54, 1.807) is 60.6 Å². The molecule has 4 fully saturated rings. The Balaban J connectivity index is 0.000000153. The number of aryl methyl sites for hydroxylation is 2. The van der Waals surface area contributed by atoms with Crippen molar-refractivity contribution in [1.82, 2.24) is 83.1 Å². The van der Waals surface area contributed by atoms with Crippen molar-refractivity contribution in [2.45, 2.75) is 152 Å². The molecular formula is C82H94N16O9S8. The first kappa shape index (κ1) is 86.6. The van der Waals surface area contributed by atoms with Gasteiger partial charge in [0.1, 0.15) is 0 Å². The highest BCUT2D eigenvalue weighted by Gasteiger charge is 2.43. The number of thiazole rings is 2. The van der Waals surface area contributed by atoms with Crippen molar-refractivity contribution in [3.05, 3.63) is 188 Å². The Labute approximate surface area is 706 Å². The standard InChI is InChI=1S/C24H31N5O2S2.C23H29N5O3S2.C18H17N3O3S2.C17H17N3OS2/c1-15-28-18-14-33-20(23(18)29-15)8-2-3-9-21(30)25-10-5-11-26-24(31)17-12-16-6-4-7-19(32)22(16)27-13-17;29-19(8-2-1-7-18-21-16(13-33-18)27-23(31)28-21)24-9-4-10-25-22(30)15-11-14-5-3-6-17(32)20(14)26-12-15;1-2-24-18(23)13-10-26-15(21-13)6-7-19-17(22)12-8-11-4-3-5-14(25)16(11)20-9-12;1-10-11(2)23-15(20-10)6-7-18-17(21)13-8-12-4-3-5-14(22)16(12)19-9-13/h4,6-7,12-13,18,20,23,28-29,32H,1-3,5,8-11,14H2,(H,25,30)(H,26,31);3,5-6,11-12,16,18,21,32H,1-2,4,7-10,13H2,(H,24,29)(H,25,30)(H2,27,28,31);3-5,8-10,25H,2,6-7H2,1H3,(H,19,22);3-5,8-9,22H,6-7H2,1-2H3,(H,18,21)/t18-,20-,23-;16-,18-,21-;;/m00../s1. The SMILES string of the molecule is C=C1N[C@H]2[C@H](CS[C@H]2CCCCC(=O)NCCCNC(=O)c2cnc3c(S)cccc3c2)N1.CCOC(=O)c1csc(CCNC(=O)c2cnc3c(S)cccc3c2)n1.Cc1nc(CCNC(=O)c2cnc3c(S)cccc3c2)sc1C.O=C(CCCC[C@@H]1SC[C@@H]2NC(=O)N[C@@H]21)NCCCNC(=O)c1cnc2c(S)cccc2c1. The molecule has 0 unspecified atom stereocenters. The van der Waals surface area contributed by atoms with Gasteiger partial charge in [0.25, 0.3) is 23.6 Å². The molecule has 8 amide bonds. The van der Waals surface area contributed by atoms with E-state index < -0.39 is 5.97 Å². The summed E-state index contributed by atoms with van der Waals surface area (Å²) in [5.41, 5.74) is 6.57. The highest BCUT2D eigenvalue weighted by Crippen LogP contribution is 2.36. The number of unbranched alkanes of at least 4 members (excludes halogenated alkanes) is 2. The summed E-state index contributed by atoms with van der Waals surface area (Å²) in [6.45, 7) is 13.1. The Morgan fingerprint density at radius 1 is 0.496 bits per heavy atom. The van der Waals surface area contributed by atoms with E-state index in [1.165, 1.54) is 16.2 Å². The molecule has 10 aromatic rings. The molecule has 0 aliphatic carbocycles. The third kappa shape index (κ3) is 24.9. The van der Waals surface area contributed by atoms with Crippen molar-refractivity contribution in [1.29, 1.82) is 0 Å². The number of nitrogens with zero attached hydrogens (tertiary/aromatic N) is 6. The van der Waals surface area contributed by atoms with Gasteiger partial charge in [-0.1, -0.05) is 68.0 Å². The molecule has 4 saturated heterocycles. The summed E-state index contributed by atoms with van der Waals surface area (Å²) in [4.78, 5) is 127. The number of thioether (sulfide) groups is 2. The van der Waals surface area contributed by atoms with Crippen molar-refractivity contribution in [3.63, 3.8) is 0 Å². The van der Waals surface area contributed by atoms with Crippen LogP contribution in [0.3, 0.4) is 0 Å². The number of fused-ring (bicyclic) bond motifs is 6. The Kier molecular flexibility index (Phi) is 32.5. The van der Waals surface area contributed by atoms with Gasteiger partial charge in [-0.2, -0.15) is 23.5 Å². The average Bonchev–Trinajstić information content (AvgIpc) is 1.23. The number of carbonyl (C=O) groups excluding carboxylic acids is 8. The number of urea groups is 1. The maximum Gasteiger partial charge on any atom is 0.357 e. The zero-order chi connectivity index (χ0) is 81.3. The molecule has 25 nitrogen and oxygen atoms in total. The normalized spacial score (nSPS) is 16.9. The summed E-state index contributed by atoms with van der Waals surface area (Å²) >= 11 is 24.5. The van der Waals surface area contributed by atoms with Gasteiger partial charge in [0, 0.05) is 163 Å². The predicted octanol–water partition coefficient (Wildman–Crippen LogP) is 12.0. The highest BCUT2D eigenvalue weighted by molar-refractivity contribution is 8.00. The van der Waals surface area contributed by atoms with E-state index in [1.807, 2.05) is 115 Å². The molecular weight excluding hydrogens is 1610 g/mol. The quantitative estimate of drug-likeness (QED) is 0.00860. The van der Waals surface area contributed by atoms with Gasteiger partial charge in [-0.3, -0.25) is 48.7 Å². The molecule has 10 N–H and O–H groups in total. The van der Waals surface area contributed by atoms with Crippen molar-refractivity contribution < 1.29 is 43.1 Å². The van der Waals surface area contributed by atoms with Crippen LogP contribution in [0.15, 0.2) is 159 Å². The summed E-state index contributed by atoms with van der Waals surface area (Å²) < 4.78 is 4.91. The Bertz CT molecular complexity index is 4970. The summed E-state index contributed by atoms with van der Waals surface area (Å²) in [5, 5.41) is 38.2. The molecule has 6 aromatic heterocycles. The lowest BCUT2D eigenvalue weighted by Crippen LogP contribution is -2.36. The average molecular weight is 1700 g/mol. The van der Waals surface area contributed by atoms with Gasteiger partial charge in [0.2, 0.25) is 11.8 Å². The first-order valence-electron chi connectivity index (χ1n) is 38.2. The van der Waals surface area contributed by atoms with Crippen LogP contribution in [0, 0.1) is 13.8 Å². The zero-order valence-corrected chi connectivity index (χ0v) is 70.8. The summed E-state index contributed by atoms with van der Waals surface area (Å²) in [6.07, 6.45) is 15.8. The number of ether oxygens (including phenoxy) is 1. The van der Waals surface area contributed by atoms with Crippen molar-refractivity contribution in [3.8, 4) is 0 Å². The van der Waals surface area contributed by atoms with E-state index in [9.17, 15) is 38.4 Å². The molecule has 0 bridgehead atoms. The summed E-state index contributed by atoms with van der Waals surface area (Å²) in [7, 11) is 0. The number of rotatable bonds is 30. The largest absolute Gasteiger partial charge is 0.461 e. The van der Waals surface area contributed by atoms with E-state index >= 15 is 0 Å². The molecule has 0 spiro atoms. The van der Waals surface area contributed by atoms with Crippen LogP contribution >= 0.6 is 96.7 Å². The first-order valence-corrected chi connectivity index (χ1v) is 43.8. The maximum absolute atomic E-state index is 12.4. The van der Waals surface area contributed by atoms with Crippen LogP contribution in [0.25, 0.3) is 43.6 Å². The van der Waals surface area contributed by atoms with E-state index in [4.69, 9.17) is 4.74 Å². The smallest absolute Gasteiger partial charge is 0.357 e. The number of nitrogens with one attached hydrogen (secondary N) is 10. The van der Waals surface area contributed by atoms with Crippen LogP contribution in [0.4, 0.5) is 4.79 Å². The molecule has 14 rings (SSSR count). The lowest BCUT2D eigenvalue weighted by molar-refractivity contribution is -0.122. The monoisotopic (exact) mass is 1700 g/mol. The number of aromatic nitrogens is 6. The maximum atomic E-state index is 12.4. The van der Waals surface area contributed by atoms with Gasteiger partial charge in [-0.15, -0.1) is 73.2 Å². The fourth-order valence-electron chi connectivity index (χ4n) is 13.3. The molecule has 0 radical (unpaired) electrons. The number of hydrogen-bond acceptors (Lipinski definition) is 25. The fraction of sp³-hybridized carbons (Fsp3) is 0.366. The highest BCUT2D eigenvalue weighted by atomic mass is 32.2. The molecule has 10 heterocycles. The third-order valence-corrected chi connectivity index (χ3v) is 25.8. The van der Waals surface area contributed by atoms with Crippen LogP contribution in [0.1, 0.15) is 144 Å². The molecule has 115 heavy (non-hydrogen) atoms. The molecule has 4 aromatic carbocycles. The number of amides is 8. The van der Waals surface area contributed by atoms with E-state index in [0.717, 1.165) is 141 Å². The van der Waals surface area contributed by atoms with Gasteiger partial charge in [0.15, 0.2) is 5.69 Å². The number of carbonyl (C=O) groups is 8. The van der Waals surface area contributed by atoms with E-state index in [2.05, 4.69) is 147 Å². The van der Waals surface area contributed by atoms with Gasteiger partial charge in [-0.05, 0) is 108 Å². The number of hydrogen-bond donors (Lipinski definition) is 14. The summed E-state index contributed by atoms with van der Waals surface area (Å²) in [5.74, 6) is 2.04. The lowest BCUT2D eigenvalue weighted by atomic mass is 10.0. The van der Waals surface area contributed by atoms with Crippen molar-refractivity contribution in [2.24, 2.45) is 0 Å². The van der Waals surface area contributed by atoms with Gasteiger partial charge in [-0.25, -0.2) is 19.6 Å². The van der Waals surface area contributed by atoms with Gasteiger partial charge < -0.3 is 57.9 Å². The molecule has 0 saturated carbocycles. The Morgan fingerprint density at radius 2 is 0.896 bits per heavy atom. The van der Waals surface area contributed by atoms with Crippen molar-refractivity contribution in [2.75, 3.05) is 57.4 Å². The van der Waals surface area contributed by atoms with Gasteiger partial charge >= 0.3 is 12.0 Å². The molecule has 604 valence electrons. The minimum absolute atomic E-state index is 0.0374. The van der Waals surface area contributed by atoms with Crippen LogP contribution in [-0.2, 0) is 27.2 Å². The summed E-state index contributed by atoms with van der Waals surface area (Å²) in [6, 6.07) is 31.3. The number of pyridine rings is 4. The third-order valence-electron chi connectivity index (χ3n) is 19.3. The minimum atomic E-state index is -0.426. The van der Waals surface area contributed by atoms with Gasteiger partial charge in [0.05, 0.1) is 96.6 Å². The van der Waals surface area contributed by atoms with E-state index in [-0.39, 0.29) is 53.6 Å². The number of benzene rings is 4. The van der Waals surface area contributed by atoms with Crippen LogP contribution in [0.5, 0.6) is 0 Å². The van der Waals surface area contributed by atoms with Crippen LogP contribution in [0.2, 0.25) is 0 Å². The van der Waals surface area contributed by atoms with Crippen molar-refractivity contribution >= 4 is 188 Å². The van der Waals surface area contributed by atoms with Crippen LogP contribution < -0.4 is 53.2 Å². The van der Waals surface area contributed by atoms with Crippen LogP contribution in [-0.4, -0.2) is 169 Å². The molecule has 6 atom stereocenters. The lowest BCUT2D eigenvalue weighted by Gasteiger charge is -2.17. The Morgan fingerprint density at radius 3 is 1.31 bits per heavy atom. The second-order valence-corrected chi connectivity index (χ2v) is 34.4. The predicted molar refractivity (Wildman–Crippen MR) is 469 cm³/mol. The fourth-order valence-corrected chi connectivity index (χ4v) is 19.2. The minimum Gasteiger partial charge on any atom is -0.461 e. The Hall–Kier alpha value is -9.22.